The zero-order chi connectivity index (χ0) is 9.42. The average Bonchev–Trinajstić information content (AvgIpc) is 2.42. The van der Waals surface area contributed by atoms with Crippen molar-refractivity contribution in [3.63, 3.8) is 0 Å². The third kappa shape index (κ3) is 1.13. The Balaban J connectivity index is 2.73. The van der Waals surface area contributed by atoms with Gasteiger partial charge in [-0.2, -0.15) is 0 Å². The molecule has 0 bridgehead atoms. The topological polar surface area (TPSA) is 51.0 Å². The quantitative estimate of drug-likeness (QED) is 0.698. The molecule has 0 saturated heterocycles. The van der Waals surface area contributed by atoms with Crippen LogP contribution in [0.4, 0.5) is 5.69 Å². The van der Waals surface area contributed by atoms with Crippen molar-refractivity contribution in [1.82, 2.24) is 4.98 Å². The monoisotopic (exact) mass is 176 g/mol. The van der Waals surface area contributed by atoms with E-state index in [1.165, 1.54) is 0 Å². The van der Waals surface area contributed by atoms with Crippen LogP contribution in [0.5, 0.6) is 5.75 Å². The zero-order valence-corrected chi connectivity index (χ0v) is 7.72. The number of benzene rings is 1. The van der Waals surface area contributed by atoms with E-state index in [1.807, 2.05) is 25.1 Å². The molecule has 0 atom stereocenters. The van der Waals surface area contributed by atoms with Crippen LogP contribution >= 0.6 is 0 Å². The molecule has 0 aliphatic carbocycles. The van der Waals surface area contributed by atoms with E-state index >= 15 is 0 Å². The highest BCUT2D eigenvalue weighted by atomic mass is 16.5. The second-order valence-corrected chi connectivity index (χ2v) is 3.08. The first-order valence-corrected chi connectivity index (χ1v) is 4.14. The molecule has 0 saturated carbocycles. The Labute approximate surface area is 76.5 Å². The maximum Gasteiger partial charge on any atom is 0.120 e. The summed E-state index contributed by atoms with van der Waals surface area (Å²) in [4.78, 5) is 3.20. The Morgan fingerprint density at radius 3 is 2.85 bits per heavy atom. The van der Waals surface area contributed by atoms with Crippen LogP contribution in [-0.4, -0.2) is 12.1 Å². The number of rotatable bonds is 1. The molecule has 0 aliphatic heterocycles. The standard InChI is InChI=1S/C10H12N2O/c1-6-10(11)8-4-3-7(13-2)5-9(8)12-6/h3-5,12H,11H2,1-2H3. The van der Waals surface area contributed by atoms with Gasteiger partial charge in [-0.25, -0.2) is 0 Å². The maximum atomic E-state index is 5.86. The molecule has 2 aromatic rings. The van der Waals surface area contributed by atoms with Gasteiger partial charge in [0.15, 0.2) is 0 Å². The van der Waals surface area contributed by atoms with E-state index in [2.05, 4.69) is 4.98 Å². The summed E-state index contributed by atoms with van der Waals surface area (Å²) in [6.07, 6.45) is 0. The van der Waals surface area contributed by atoms with Gasteiger partial charge in [0.2, 0.25) is 0 Å². The first-order chi connectivity index (χ1) is 6.22. The number of ether oxygens (including phenoxy) is 1. The lowest BCUT2D eigenvalue weighted by Gasteiger charge is -1.98. The molecule has 0 aliphatic rings. The molecule has 0 spiro atoms. The predicted octanol–water partition coefficient (Wildman–Crippen LogP) is 2.07. The molecule has 1 aromatic heterocycles. The number of nitrogens with two attached hydrogens (primary N) is 1. The minimum Gasteiger partial charge on any atom is -0.497 e. The van der Waals surface area contributed by atoms with Gasteiger partial charge in [0.05, 0.1) is 18.3 Å². The molecule has 3 heteroatoms. The second kappa shape index (κ2) is 2.69. The molecular formula is C10H12N2O. The normalized spacial score (nSPS) is 10.6. The van der Waals surface area contributed by atoms with Gasteiger partial charge >= 0.3 is 0 Å². The SMILES string of the molecule is COc1ccc2c(N)c(C)[nH]c2c1. The number of aryl methyl sites for hydroxylation is 1. The van der Waals surface area contributed by atoms with Gasteiger partial charge < -0.3 is 15.5 Å². The molecule has 3 N–H and O–H groups in total. The van der Waals surface area contributed by atoms with E-state index in [0.29, 0.717) is 0 Å². The minimum absolute atomic E-state index is 0.817. The highest BCUT2D eigenvalue weighted by Gasteiger charge is 2.04. The number of hydrogen-bond acceptors (Lipinski definition) is 2. The molecule has 0 unspecified atom stereocenters. The van der Waals surface area contributed by atoms with Crippen LogP contribution < -0.4 is 10.5 Å². The Morgan fingerprint density at radius 1 is 1.38 bits per heavy atom. The minimum atomic E-state index is 0.817. The first kappa shape index (κ1) is 7.98. The van der Waals surface area contributed by atoms with Gasteiger partial charge in [0.1, 0.15) is 5.75 Å². The van der Waals surface area contributed by atoms with Crippen LogP contribution in [-0.2, 0) is 0 Å². The fourth-order valence-electron chi connectivity index (χ4n) is 1.46. The van der Waals surface area contributed by atoms with Gasteiger partial charge in [-0.3, -0.25) is 0 Å². The molecular weight excluding hydrogens is 164 g/mol. The third-order valence-corrected chi connectivity index (χ3v) is 2.24. The number of nitrogens with one attached hydrogen (secondary N) is 1. The van der Waals surface area contributed by atoms with Crippen molar-refractivity contribution in [2.24, 2.45) is 0 Å². The van der Waals surface area contributed by atoms with Crippen LogP contribution in [0.2, 0.25) is 0 Å². The average molecular weight is 176 g/mol. The summed E-state index contributed by atoms with van der Waals surface area (Å²) in [7, 11) is 1.65. The molecule has 68 valence electrons. The first-order valence-electron chi connectivity index (χ1n) is 4.14. The Kier molecular flexibility index (Phi) is 1.65. The number of anilines is 1. The van der Waals surface area contributed by atoms with Crippen molar-refractivity contribution in [3.05, 3.63) is 23.9 Å². The zero-order valence-electron chi connectivity index (χ0n) is 7.72. The van der Waals surface area contributed by atoms with Crippen molar-refractivity contribution in [2.75, 3.05) is 12.8 Å². The lowest BCUT2D eigenvalue weighted by Crippen LogP contribution is -1.84. The maximum absolute atomic E-state index is 5.86. The van der Waals surface area contributed by atoms with E-state index in [9.17, 15) is 0 Å². The Bertz CT molecular complexity index is 445. The third-order valence-electron chi connectivity index (χ3n) is 2.24. The van der Waals surface area contributed by atoms with Crippen LogP contribution in [0.3, 0.4) is 0 Å². The molecule has 2 rings (SSSR count). The second-order valence-electron chi connectivity index (χ2n) is 3.08. The van der Waals surface area contributed by atoms with E-state index in [-0.39, 0.29) is 0 Å². The summed E-state index contributed by atoms with van der Waals surface area (Å²) in [6.45, 7) is 1.96. The fraction of sp³-hybridized carbons (Fsp3) is 0.200. The number of methoxy groups -OCH3 is 1. The van der Waals surface area contributed by atoms with Crippen LogP contribution in [0.1, 0.15) is 5.69 Å². The van der Waals surface area contributed by atoms with Crippen LogP contribution in [0, 0.1) is 6.92 Å². The van der Waals surface area contributed by atoms with Gasteiger partial charge in [-0.1, -0.05) is 0 Å². The van der Waals surface area contributed by atoms with E-state index in [0.717, 1.165) is 28.0 Å². The van der Waals surface area contributed by atoms with Crippen molar-refractivity contribution in [2.45, 2.75) is 6.92 Å². The highest BCUT2D eigenvalue weighted by Crippen LogP contribution is 2.27. The van der Waals surface area contributed by atoms with Crippen molar-refractivity contribution >= 4 is 16.6 Å². The smallest absolute Gasteiger partial charge is 0.120 e. The lowest BCUT2D eigenvalue weighted by molar-refractivity contribution is 0.415. The summed E-state index contributed by atoms with van der Waals surface area (Å²) in [5.41, 5.74) is 8.70. The largest absolute Gasteiger partial charge is 0.497 e. The summed E-state index contributed by atoms with van der Waals surface area (Å²) in [5, 5.41) is 1.05. The number of aromatic nitrogens is 1. The van der Waals surface area contributed by atoms with Crippen molar-refractivity contribution < 1.29 is 4.74 Å². The highest BCUT2D eigenvalue weighted by molar-refractivity contribution is 5.93. The van der Waals surface area contributed by atoms with Gasteiger partial charge in [-0.05, 0) is 19.1 Å². The summed E-state index contributed by atoms with van der Waals surface area (Å²) in [5.74, 6) is 0.841. The van der Waals surface area contributed by atoms with Crippen LogP contribution in [0.15, 0.2) is 18.2 Å². The van der Waals surface area contributed by atoms with Crippen molar-refractivity contribution in [3.8, 4) is 5.75 Å². The molecule has 0 fully saturated rings. The number of hydrogen-bond donors (Lipinski definition) is 2. The lowest BCUT2D eigenvalue weighted by atomic mass is 10.2. The molecule has 0 amide bonds. The summed E-state index contributed by atoms with van der Waals surface area (Å²) < 4.78 is 5.11. The van der Waals surface area contributed by atoms with Crippen LogP contribution in [0.25, 0.3) is 10.9 Å². The van der Waals surface area contributed by atoms with E-state index in [1.54, 1.807) is 7.11 Å². The number of nitrogen functional groups attached to an aromatic ring is 1. The van der Waals surface area contributed by atoms with Gasteiger partial charge in [0.25, 0.3) is 0 Å². The number of H-pyrrole nitrogens is 1. The Hall–Kier alpha value is -1.64. The molecule has 1 heterocycles. The van der Waals surface area contributed by atoms with Gasteiger partial charge in [-0.15, -0.1) is 0 Å². The van der Waals surface area contributed by atoms with Crippen molar-refractivity contribution in [1.29, 1.82) is 0 Å². The number of aromatic amines is 1. The summed E-state index contributed by atoms with van der Waals surface area (Å²) in [6, 6.07) is 5.82. The Morgan fingerprint density at radius 2 is 2.15 bits per heavy atom. The molecule has 3 nitrogen and oxygen atoms in total. The fourth-order valence-corrected chi connectivity index (χ4v) is 1.46. The molecule has 13 heavy (non-hydrogen) atoms. The predicted molar refractivity (Wildman–Crippen MR) is 54.0 cm³/mol. The van der Waals surface area contributed by atoms with E-state index < -0.39 is 0 Å². The molecule has 1 aromatic carbocycles. The van der Waals surface area contributed by atoms with Gasteiger partial charge in [0, 0.05) is 17.1 Å². The van der Waals surface area contributed by atoms with E-state index in [4.69, 9.17) is 10.5 Å². The number of fused-ring (bicyclic) bond motifs is 1. The molecule has 0 radical (unpaired) electrons. The summed E-state index contributed by atoms with van der Waals surface area (Å²) >= 11 is 0.